The van der Waals surface area contributed by atoms with E-state index in [2.05, 4.69) is 15.9 Å². The average molecular weight is 267 g/mol. The second-order valence-corrected chi connectivity index (χ2v) is 3.41. The lowest BCUT2D eigenvalue weighted by molar-refractivity contribution is 0.0988. The van der Waals surface area contributed by atoms with Crippen LogP contribution in [0.2, 0.25) is 0 Å². The minimum Gasteiger partial charge on any atom is -0.294 e. The summed E-state index contributed by atoms with van der Waals surface area (Å²) in [7, 11) is 0. The van der Waals surface area contributed by atoms with Crippen LogP contribution in [-0.4, -0.2) is 11.1 Å². The topological polar surface area (TPSA) is 17.1 Å². The maximum absolute atomic E-state index is 12.7. The van der Waals surface area contributed by atoms with Crippen molar-refractivity contribution in [2.75, 3.05) is 5.33 Å². The van der Waals surface area contributed by atoms with Crippen molar-refractivity contribution in [1.82, 2.24) is 0 Å². The number of ketones is 1. The van der Waals surface area contributed by atoms with Crippen molar-refractivity contribution in [1.29, 1.82) is 0 Å². The van der Waals surface area contributed by atoms with Crippen LogP contribution in [0.15, 0.2) is 12.1 Å². The maximum atomic E-state index is 12.7. The van der Waals surface area contributed by atoms with Crippen LogP contribution in [0.4, 0.5) is 13.2 Å². The van der Waals surface area contributed by atoms with Gasteiger partial charge in [-0.3, -0.25) is 4.79 Å². The monoisotopic (exact) mass is 266 g/mol. The maximum Gasteiger partial charge on any atom is 0.194 e. The number of Topliss-reactive ketones (excluding diaryl/α,β-unsaturated/α-hetero) is 1. The van der Waals surface area contributed by atoms with Crippen molar-refractivity contribution in [3.05, 3.63) is 35.1 Å². The molecule has 14 heavy (non-hydrogen) atoms. The summed E-state index contributed by atoms with van der Waals surface area (Å²) in [6.07, 6.45) is 0.116. The number of alkyl halides is 1. The molecule has 0 aliphatic carbocycles. The first kappa shape index (κ1) is 11.2. The molecule has 0 bridgehead atoms. The third kappa shape index (κ3) is 2.35. The molecule has 5 heteroatoms. The Bertz CT molecular complexity index is 342. The zero-order valence-corrected chi connectivity index (χ0v) is 8.58. The number of hydrogen-bond donors (Lipinski definition) is 0. The number of benzene rings is 1. The summed E-state index contributed by atoms with van der Waals surface area (Å²) in [6, 6.07) is 1.40. The Labute approximate surface area is 87.1 Å². The van der Waals surface area contributed by atoms with Crippen molar-refractivity contribution >= 4 is 21.7 Å². The first-order valence-corrected chi connectivity index (χ1v) is 4.92. The normalized spacial score (nSPS) is 10.3. The Balaban J connectivity index is 3.06. The van der Waals surface area contributed by atoms with Crippen LogP contribution in [0, 0.1) is 17.5 Å². The molecule has 0 spiro atoms. The Morgan fingerprint density at radius 1 is 1.21 bits per heavy atom. The molecule has 0 aliphatic heterocycles. The Morgan fingerprint density at radius 2 is 1.71 bits per heavy atom. The lowest BCUT2D eigenvalue weighted by Crippen LogP contribution is -2.03. The quantitative estimate of drug-likeness (QED) is 0.467. The van der Waals surface area contributed by atoms with Gasteiger partial charge in [-0.1, -0.05) is 15.9 Å². The highest BCUT2D eigenvalue weighted by atomic mass is 79.9. The third-order valence-electron chi connectivity index (χ3n) is 1.63. The molecule has 0 fully saturated rings. The second-order valence-electron chi connectivity index (χ2n) is 2.62. The van der Waals surface area contributed by atoms with Gasteiger partial charge in [-0.05, 0) is 12.1 Å². The lowest BCUT2D eigenvalue weighted by Gasteiger charge is -2.00. The fourth-order valence-corrected chi connectivity index (χ4v) is 1.31. The lowest BCUT2D eigenvalue weighted by atomic mass is 10.1. The van der Waals surface area contributed by atoms with Crippen molar-refractivity contribution in [2.45, 2.75) is 6.42 Å². The third-order valence-corrected chi connectivity index (χ3v) is 2.02. The van der Waals surface area contributed by atoms with Crippen molar-refractivity contribution in [3.8, 4) is 0 Å². The summed E-state index contributed by atoms with van der Waals surface area (Å²) in [6.45, 7) is 0. The first-order valence-electron chi connectivity index (χ1n) is 3.80. The molecule has 0 amide bonds. The predicted molar refractivity (Wildman–Crippen MR) is 49.1 cm³/mol. The van der Waals surface area contributed by atoms with Gasteiger partial charge in [-0.2, -0.15) is 0 Å². The minimum atomic E-state index is -1.56. The molecule has 0 unspecified atom stereocenters. The predicted octanol–water partition coefficient (Wildman–Crippen LogP) is 3.07. The highest BCUT2D eigenvalue weighted by molar-refractivity contribution is 9.09. The van der Waals surface area contributed by atoms with Crippen LogP contribution >= 0.6 is 15.9 Å². The van der Waals surface area contributed by atoms with E-state index >= 15 is 0 Å². The van der Waals surface area contributed by atoms with E-state index in [0.717, 1.165) is 0 Å². The number of carbonyl (C=O) groups excluding carboxylic acids is 1. The smallest absolute Gasteiger partial charge is 0.194 e. The SMILES string of the molecule is O=C(CCBr)c1cc(F)c(F)c(F)c1. The number of carbonyl (C=O) groups is 1. The van der Waals surface area contributed by atoms with E-state index in [1.165, 1.54) is 0 Å². The van der Waals surface area contributed by atoms with Gasteiger partial charge in [0.1, 0.15) is 0 Å². The molecule has 0 atom stereocenters. The molecule has 1 aromatic rings. The van der Waals surface area contributed by atoms with E-state index in [1.54, 1.807) is 0 Å². The molecule has 76 valence electrons. The zero-order valence-electron chi connectivity index (χ0n) is 6.99. The van der Waals surface area contributed by atoms with Gasteiger partial charge in [0, 0.05) is 17.3 Å². The summed E-state index contributed by atoms with van der Waals surface area (Å²) in [5.41, 5.74) is -0.152. The largest absolute Gasteiger partial charge is 0.294 e. The van der Waals surface area contributed by atoms with Crippen LogP contribution in [0.3, 0.4) is 0 Å². The molecule has 0 aromatic heterocycles. The molecule has 0 heterocycles. The van der Waals surface area contributed by atoms with Crippen molar-refractivity contribution < 1.29 is 18.0 Å². The van der Waals surface area contributed by atoms with Crippen LogP contribution in [-0.2, 0) is 0 Å². The van der Waals surface area contributed by atoms with Crippen LogP contribution in [0.1, 0.15) is 16.8 Å². The molecular weight excluding hydrogens is 261 g/mol. The summed E-state index contributed by atoms with van der Waals surface area (Å²) < 4.78 is 37.8. The Kier molecular flexibility index (Phi) is 3.69. The molecule has 0 aliphatic rings. The number of halogens is 4. The van der Waals surface area contributed by atoms with Gasteiger partial charge in [0.2, 0.25) is 0 Å². The van der Waals surface area contributed by atoms with Gasteiger partial charge < -0.3 is 0 Å². The van der Waals surface area contributed by atoms with E-state index in [9.17, 15) is 18.0 Å². The van der Waals surface area contributed by atoms with E-state index in [4.69, 9.17) is 0 Å². The molecule has 1 aromatic carbocycles. The summed E-state index contributed by atoms with van der Waals surface area (Å²) in [5.74, 6) is -4.68. The average Bonchev–Trinajstić information content (AvgIpc) is 2.13. The molecule has 0 radical (unpaired) electrons. The standard InChI is InChI=1S/C9H6BrF3O/c10-2-1-8(14)5-3-6(11)9(13)7(12)4-5/h3-4H,1-2H2. The Morgan fingerprint density at radius 3 is 2.14 bits per heavy atom. The van der Waals surface area contributed by atoms with Gasteiger partial charge in [-0.15, -0.1) is 0 Å². The van der Waals surface area contributed by atoms with Crippen LogP contribution in [0.5, 0.6) is 0 Å². The molecule has 0 saturated carbocycles. The van der Waals surface area contributed by atoms with E-state index in [-0.39, 0.29) is 12.0 Å². The number of hydrogen-bond acceptors (Lipinski definition) is 1. The highest BCUT2D eigenvalue weighted by Crippen LogP contribution is 2.15. The molecule has 0 N–H and O–H groups in total. The fourth-order valence-electron chi connectivity index (χ4n) is 0.947. The van der Waals surface area contributed by atoms with Crippen molar-refractivity contribution in [3.63, 3.8) is 0 Å². The number of rotatable bonds is 3. The minimum absolute atomic E-state index is 0.116. The van der Waals surface area contributed by atoms with Gasteiger partial charge in [0.25, 0.3) is 0 Å². The molecule has 1 rings (SSSR count). The second kappa shape index (κ2) is 4.59. The van der Waals surface area contributed by atoms with Gasteiger partial charge in [0.15, 0.2) is 23.2 Å². The molecule has 1 nitrogen and oxygen atoms in total. The summed E-state index contributed by atoms with van der Waals surface area (Å²) in [5, 5.41) is 0.395. The van der Waals surface area contributed by atoms with Crippen LogP contribution < -0.4 is 0 Å². The highest BCUT2D eigenvalue weighted by Gasteiger charge is 2.14. The van der Waals surface area contributed by atoms with Crippen LogP contribution in [0.25, 0.3) is 0 Å². The van der Waals surface area contributed by atoms with Gasteiger partial charge in [-0.25, -0.2) is 13.2 Å². The zero-order chi connectivity index (χ0) is 10.7. The fraction of sp³-hybridized carbons (Fsp3) is 0.222. The van der Waals surface area contributed by atoms with E-state index in [1.807, 2.05) is 0 Å². The first-order chi connectivity index (χ1) is 6.56. The van der Waals surface area contributed by atoms with E-state index < -0.39 is 23.2 Å². The van der Waals surface area contributed by atoms with Gasteiger partial charge >= 0.3 is 0 Å². The molecular formula is C9H6BrF3O. The molecule has 0 saturated heterocycles. The van der Waals surface area contributed by atoms with E-state index in [0.29, 0.717) is 17.5 Å². The van der Waals surface area contributed by atoms with Crippen molar-refractivity contribution in [2.24, 2.45) is 0 Å². The summed E-state index contributed by atoms with van der Waals surface area (Å²) in [4.78, 5) is 11.2. The Hall–Kier alpha value is -0.840. The van der Waals surface area contributed by atoms with Gasteiger partial charge in [0.05, 0.1) is 0 Å². The summed E-state index contributed by atoms with van der Waals surface area (Å²) >= 11 is 3.02.